The molecule has 1 fully saturated rings. The van der Waals surface area contributed by atoms with Gasteiger partial charge in [-0.2, -0.15) is 0 Å². The smallest absolute Gasteiger partial charge is 0.223 e. The number of carbonyl (C=O) groups is 2. The van der Waals surface area contributed by atoms with Gasteiger partial charge in [-0.25, -0.2) is 0 Å². The number of fused-ring (bicyclic) bond motifs is 1. The monoisotopic (exact) mass is 527 g/mol. The molecule has 212 valence electrons. The number of hydrogen-bond acceptors (Lipinski definition) is 5. The summed E-state index contributed by atoms with van der Waals surface area (Å²) in [5, 5.41) is 10.2. The average molecular weight is 528 g/mol. The second-order valence-electron chi connectivity index (χ2n) is 11.1. The summed E-state index contributed by atoms with van der Waals surface area (Å²) in [7, 11) is 3.29. The van der Waals surface area contributed by atoms with Gasteiger partial charge in [-0.05, 0) is 68.2 Å². The fourth-order valence-corrected chi connectivity index (χ4v) is 6.13. The van der Waals surface area contributed by atoms with Crippen LogP contribution in [0, 0.1) is 11.8 Å². The number of aliphatic hydroxyl groups excluding tert-OH is 1. The molecule has 6 heteroatoms. The number of benzene rings is 1. The molecule has 0 bridgehead atoms. The first-order valence-corrected chi connectivity index (χ1v) is 14.8. The van der Waals surface area contributed by atoms with Crippen LogP contribution in [0.3, 0.4) is 0 Å². The molecule has 0 spiro atoms. The van der Waals surface area contributed by atoms with Gasteiger partial charge in [0.15, 0.2) is 11.5 Å². The van der Waals surface area contributed by atoms with E-state index < -0.39 is 6.10 Å². The highest BCUT2D eigenvalue weighted by atomic mass is 16.5. The molecule has 0 saturated heterocycles. The molecule has 6 nitrogen and oxygen atoms in total. The Morgan fingerprint density at radius 1 is 1.08 bits per heavy atom. The van der Waals surface area contributed by atoms with Crippen molar-refractivity contribution in [3.8, 4) is 11.5 Å². The first kappa shape index (κ1) is 30.2. The van der Waals surface area contributed by atoms with Crippen molar-refractivity contribution in [2.45, 2.75) is 109 Å². The van der Waals surface area contributed by atoms with Crippen molar-refractivity contribution >= 4 is 11.7 Å². The second-order valence-corrected chi connectivity index (χ2v) is 11.1. The average Bonchev–Trinajstić information content (AvgIpc) is 3.27. The van der Waals surface area contributed by atoms with E-state index in [4.69, 9.17) is 9.47 Å². The van der Waals surface area contributed by atoms with Gasteiger partial charge in [0.05, 0.1) is 26.4 Å². The van der Waals surface area contributed by atoms with Crippen molar-refractivity contribution in [3.05, 3.63) is 35.4 Å². The van der Waals surface area contributed by atoms with Crippen molar-refractivity contribution in [1.82, 2.24) is 4.90 Å². The molecule has 1 aliphatic carbocycles. The Hall–Kier alpha value is -2.34. The van der Waals surface area contributed by atoms with Gasteiger partial charge in [0.25, 0.3) is 0 Å². The first-order chi connectivity index (χ1) is 18.4. The van der Waals surface area contributed by atoms with Crippen LogP contribution in [0.1, 0.15) is 108 Å². The third-order valence-corrected chi connectivity index (χ3v) is 8.50. The summed E-state index contributed by atoms with van der Waals surface area (Å²) in [6.45, 7) is 4.99. The molecule has 1 aromatic carbocycles. The predicted molar refractivity (Wildman–Crippen MR) is 152 cm³/mol. The maximum Gasteiger partial charge on any atom is 0.223 e. The summed E-state index contributed by atoms with van der Waals surface area (Å²) in [5.41, 5.74) is 2.36. The summed E-state index contributed by atoms with van der Waals surface area (Å²) in [5.74, 6) is 2.40. The number of carbonyl (C=O) groups excluding carboxylic acids is 2. The molecular weight excluding hydrogens is 478 g/mol. The minimum absolute atomic E-state index is 0.0228. The van der Waals surface area contributed by atoms with Crippen LogP contribution < -0.4 is 9.47 Å². The summed E-state index contributed by atoms with van der Waals surface area (Å²) >= 11 is 0. The van der Waals surface area contributed by atoms with Crippen LogP contribution in [-0.4, -0.2) is 48.6 Å². The highest BCUT2D eigenvalue weighted by Crippen LogP contribution is 2.38. The number of aliphatic hydroxyl groups is 1. The van der Waals surface area contributed by atoms with Crippen molar-refractivity contribution in [2.75, 3.05) is 20.8 Å². The molecule has 1 N–H and O–H groups in total. The van der Waals surface area contributed by atoms with E-state index in [1.54, 1.807) is 14.2 Å². The zero-order valence-electron chi connectivity index (χ0n) is 24.0. The Morgan fingerprint density at radius 2 is 1.82 bits per heavy atom. The lowest BCUT2D eigenvalue weighted by Gasteiger charge is -2.36. The van der Waals surface area contributed by atoms with E-state index in [0.717, 1.165) is 88.5 Å². The number of nitrogens with zero attached hydrogens (tertiary/aromatic N) is 1. The molecule has 1 amide bonds. The van der Waals surface area contributed by atoms with E-state index in [-0.39, 0.29) is 23.8 Å². The molecule has 38 heavy (non-hydrogen) atoms. The molecule has 1 aliphatic heterocycles. The standard InChI is InChI=1S/C32H49NO5/c1-5-6-9-12-26(34)17-15-24-16-18-29(35)27(24)13-10-7-8-11-14-32(36)33-20-19-25-21-30(37-3)31(38-4)22-28(25)23(33)2/h15,17,21-24,26-27,34H,5-14,16,18-20H2,1-4H3/t23-,24-,26-,27+/m0/s1. The van der Waals surface area contributed by atoms with Crippen LogP contribution in [0.15, 0.2) is 24.3 Å². The Balaban J connectivity index is 1.38. The van der Waals surface area contributed by atoms with E-state index >= 15 is 0 Å². The van der Waals surface area contributed by atoms with Crippen molar-refractivity contribution in [2.24, 2.45) is 11.8 Å². The van der Waals surface area contributed by atoms with Crippen molar-refractivity contribution in [1.29, 1.82) is 0 Å². The number of Topliss-reactive ketones (excluding diaryl/α,β-unsaturated/α-hetero) is 1. The Labute approximate surface area is 229 Å². The van der Waals surface area contributed by atoms with Gasteiger partial charge >= 0.3 is 0 Å². The first-order valence-electron chi connectivity index (χ1n) is 14.8. The predicted octanol–water partition coefficient (Wildman–Crippen LogP) is 6.58. The zero-order chi connectivity index (χ0) is 27.5. The lowest BCUT2D eigenvalue weighted by atomic mass is 9.89. The summed E-state index contributed by atoms with van der Waals surface area (Å²) in [4.78, 5) is 27.5. The van der Waals surface area contributed by atoms with E-state index in [1.807, 2.05) is 23.1 Å². The summed E-state index contributed by atoms with van der Waals surface area (Å²) in [6, 6.07) is 4.07. The Morgan fingerprint density at radius 3 is 2.55 bits per heavy atom. The van der Waals surface area contributed by atoms with Crippen LogP contribution >= 0.6 is 0 Å². The van der Waals surface area contributed by atoms with Crippen LogP contribution in [0.25, 0.3) is 0 Å². The lowest BCUT2D eigenvalue weighted by Crippen LogP contribution is -2.38. The fraction of sp³-hybridized carbons (Fsp3) is 0.688. The van der Waals surface area contributed by atoms with Gasteiger partial charge in [-0.15, -0.1) is 0 Å². The maximum atomic E-state index is 13.0. The van der Waals surface area contributed by atoms with E-state index in [9.17, 15) is 14.7 Å². The molecule has 0 radical (unpaired) electrons. The summed E-state index contributed by atoms with van der Waals surface area (Å²) in [6.07, 6.45) is 15.6. The van der Waals surface area contributed by atoms with E-state index in [2.05, 4.69) is 19.9 Å². The maximum absolute atomic E-state index is 13.0. The molecule has 0 unspecified atom stereocenters. The molecule has 2 aliphatic rings. The fourth-order valence-electron chi connectivity index (χ4n) is 6.13. The number of ketones is 1. The molecule has 1 saturated carbocycles. The zero-order valence-corrected chi connectivity index (χ0v) is 24.0. The van der Waals surface area contributed by atoms with Gasteiger partial charge in [0.2, 0.25) is 5.91 Å². The van der Waals surface area contributed by atoms with Crippen LogP contribution in [-0.2, 0) is 16.0 Å². The number of amides is 1. The second kappa shape index (κ2) is 15.3. The molecule has 4 atom stereocenters. The third kappa shape index (κ3) is 8.08. The van der Waals surface area contributed by atoms with Crippen molar-refractivity contribution in [3.63, 3.8) is 0 Å². The van der Waals surface area contributed by atoms with Crippen LogP contribution in [0.4, 0.5) is 0 Å². The Kier molecular flexibility index (Phi) is 12.2. The summed E-state index contributed by atoms with van der Waals surface area (Å²) < 4.78 is 10.9. The topological polar surface area (TPSA) is 76.1 Å². The number of unbranched alkanes of at least 4 members (excludes halogenated alkanes) is 5. The largest absolute Gasteiger partial charge is 0.493 e. The molecule has 0 aromatic heterocycles. The number of hydrogen-bond donors (Lipinski definition) is 1. The van der Waals surface area contributed by atoms with Gasteiger partial charge < -0.3 is 19.5 Å². The SMILES string of the molecule is CCCCC[C@H](O)C=C[C@H]1CCC(=O)[C@@H]1CCCCCCC(=O)N1CCc2cc(OC)c(OC)cc2[C@@H]1C. The quantitative estimate of drug-likeness (QED) is 0.206. The normalized spacial score (nSPS) is 22.1. The van der Waals surface area contributed by atoms with Gasteiger partial charge in [-0.3, -0.25) is 9.59 Å². The highest BCUT2D eigenvalue weighted by molar-refractivity contribution is 5.83. The molecule has 1 heterocycles. The molecular formula is C32H49NO5. The highest BCUT2D eigenvalue weighted by Gasteiger charge is 2.32. The van der Waals surface area contributed by atoms with E-state index in [1.165, 1.54) is 5.56 Å². The minimum atomic E-state index is -0.392. The molecule has 3 rings (SSSR count). The molecule has 1 aromatic rings. The minimum Gasteiger partial charge on any atom is -0.493 e. The number of ether oxygens (including phenoxy) is 2. The van der Waals surface area contributed by atoms with Crippen LogP contribution in [0.2, 0.25) is 0 Å². The Bertz CT molecular complexity index is 942. The van der Waals surface area contributed by atoms with E-state index in [0.29, 0.717) is 24.4 Å². The van der Waals surface area contributed by atoms with Gasteiger partial charge in [0, 0.05) is 25.3 Å². The third-order valence-electron chi connectivity index (χ3n) is 8.50. The number of methoxy groups -OCH3 is 2. The van der Waals surface area contributed by atoms with Crippen LogP contribution in [0.5, 0.6) is 11.5 Å². The number of rotatable bonds is 15. The van der Waals surface area contributed by atoms with Gasteiger partial charge in [0.1, 0.15) is 5.78 Å². The van der Waals surface area contributed by atoms with Gasteiger partial charge in [-0.1, -0.05) is 57.6 Å². The lowest BCUT2D eigenvalue weighted by molar-refractivity contribution is -0.133. The van der Waals surface area contributed by atoms with Crippen molar-refractivity contribution < 1.29 is 24.2 Å². The number of allylic oxidation sites excluding steroid dienone is 1.